The lowest BCUT2D eigenvalue weighted by Crippen LogP contribution is -2.28. The lowest BCUT2D eigenvalue weighted by atomic mass is 9.83. The molecule has 0 saturated carbocycles. The number of rotatable bonds is 3. The van der Waals surface area contributed by atoms with Crippen LogP contribution in [0.3, 0.4) is 0 Å². The highest BCUT2D eigenvalue weighted by Crippen LogP contribution is 2.33. The Bertz CT molecular complexity index is 844. The van der Waals surface area contributed by atoms with Gasteiger partial charge in [0, 0.05) is 23.2 Å². The maximum Gasteiger partial charge on any atom is 0.252 e. The van der Waals surface area contributed by atoms with Gasteiger partial charge in [-0.1, -0.05) is 35.9 Å². The molecule has 0 saturated heterocycles. The number of carbonyl (C=O) groups is 3. The zero-order chi connectivity index (χ0) is 16.6. The lowest BCUT2D eigenvalue weighted by molar-refractivity contribution is 0.0943. The van der Waals surface area contributed by atoms with Gasteiger partial charge in [0.1, 0.15) is 0 Å². The van der Waals surface area contributed by atoms with Crippen molar-refractivity contribution in [3.63, 3.8) is 0 Å². The number of hydrogen-bond donors (Lipinski definition) is 2. The second-order valence-corrected chi connectivity index (χ2v) is 5.41. The number of hydrogen-bond acceptors (Lipinski definition) is 4. The van der Waals surface area contributed by atoms with Crippen LogP contribution in [-0.2, 0) is 0 Å². The molecule has 0 atom stereocenters. The molecule has 0 aromatic heterocycles. The maximum atomic E-state index is 12.7. The third-order valence-corrected chi connectivity index (χ3v) is 4.06. The summed E-state index contributed by atoms with van der Waals surface area (Å²) in [6.45, 7) is -0.138. The molecule has 116 valence electrons. The van der Waals surface area contributed by atoms with Crippen molar-refractivity contribution in [2.45, 2.75) is 0 Å². The number of ketones is 2. The molecular formula is C17H12ClNO4. The van der Waals surface area contributed by atoms with Crippen LogP contribution in [0, 0.1) is 0 Å². The van der Waals surface area contributed by atoms with Gasteiger partial charge >= 0.3 is 0 Å². The number of aliphatic hydroxyl groups excluding tert-OH is 1. The van der Waals surface area contributed by atoms with Crippen molar-refractivity contribution < 1.29 is 19.5 Å². The van der Waals surface area contributed by atoms with E-state index in [9.17, 15) is 14.4 Å². The van der Waals surface area contributed by atoms with Crippen molar-refractivity contribution in [2.75, 3.05) is 13.2 Å². The number of benzene rings is 2. The monoisotopic (exact) mass is 329 g/mol. The van der Waals surface area contributed by atoms with Gasteiger partial charge in [-0.25, -0.2) is 0 Å². The Balaban J connectivity index is 2.13. The second-order valence-electron chi connectivity index (χ2n) is 5.03. The molecule has 0 unspecified atom stereocenters. The Kier molecular flexibility index (Phi) is 3.98. The van der Waals surface area contributed by atoms with E-state index in [-0.39, 0.29) is 52.0 Å². The molecule has 2 aromatic rings. The SMILES string of the molecule is O=C(NCCO)c1ccc2c(c1Cl)C(=O)c1ccccc1C2=O. The normalized spacial score (nSPS) is 12.6. The van der Waals surface area contributed by atoms with Crippen molar-refractivity contribution in [2.24, 2.45) is 0 Å². The third-order valence-electron chi connectivity index (χ3n) is 3.67. The predicted octanol–water partition coefficient (Wildman–Crippen LogP) is 1.84. The first-order valence-corrected chi connectivity index (χ1v) is 7.34. The fourth-order valence-electron chi connectivity index (χ4n) is 2.59. The molecule has 6 heteroatoms. The van der Waals surface area contributed by atoms with E-state index in [4.69, 9.17) is 16.7 Å². The predicted molar refractivity (Wildman–Crippen MR) is 84.2 cm³/mol. The van der Waals surface area contributed by atoms with E-state index in [1.54, 1.807) is 24.3 Å². The topological polar surface area (TPSA) is 83.5 Å². The smallest absolute Gasteiger partial charge is 0.252 e. The molecule has 2 N–H and O–H groups in total. The average molecular weight is 330 g/mol. The molecule has 0 heterocycles. The van der Waals surface area contributed by atoms with Crippen molar-refractivity contribution in [1.29, 1.82) is 0 Å². The highest BCUT2D eigenvalue weighted by atomic mass is 35.5. The number of halogens is 1. The van der Waals surface area contributed by atoms with E-state index in [2.05, 4.69) is 5.32 Å². The van der Waals surface area contributed by atoms with Crippen LogP contribution in [-0.4, -0.2) is 35.7 Å². The van der Waals surface area contributed by atoms with Gasteiger partial charge in [-0.15, -0.1) is 0 Å². The van der Waals surface area contributed by atoms with Crippen molar-refractivity contribution in [3.8, 4) is 0 Å². The fraction of sp³-hybridized carbons (Fsp3) is 0.118. The average Bonchev–Trinajstić information content (AvgIpc) is 2.57. The first kappa shape index (κ1) is 15.4. The minimum Gasteiger partial charge on any atom is -0.395 e. The number of carbonyl (C=O) groups excluding carboxylic acids is 3. The van der Waals surface area contributed by atoms with Crippen LogP contribution >= 0.6 is 11.6 Å². The lowest BCUT2D eigenvalue weighted by Gasteiger charge is -2.19. The molecule has 1 aliphatic carbocycles. The quantitative estimate of drug-likeness (QED) is 0.768. The Morgan fingerprint density at radius 1 is 1.00 bits per heavy atom. The Labute approximate surface area is 136 Å². The number of nitrogens with one attached hydrogen (secondary N) is 1. The summed E-state index contributed by atoms with van der Waals surface area (Å²) in [5.41, 5.74) is 0.946. The standard InChI is InChI=1S/C17H12ClNO4/c18-14-12(17(23)19-7-8-20)6-5-11-13(14)16(22)10-4-2-1-3-9(10)15(11)21/h1-6,20H,7-8H2,(H,19,23). The van der Waals surface area contributed by atoms with Crippen LogP contribution in [0.5, 0.6) is 0 Å². The molecule has 0 aliphatic heterocycles. The van der Waals surface area contributed by atoms with Gasteiger partial charge in [-0.05, 0) is 12.1 Å². The first-order chi connectivity index (χ1) is 11.1. The number of fused-ring (bicyclic) bond motifs is 2. The molecular weight excluding hydrogens is 318 g/mol. The number of aliphatic hydroxyl groups is 1. The fourth-order valence-corrected chi connectivity index (χ4v) is 2.92. The molecule has 1 aliphatic rings. The Morgan fingerprint density at radius 2 is 1.65 bits per heavy atom. The molecule has 2 aromatic carbocycles. The summed E-state index contributed by atoms with van der Waals surface area (Å²) < 4.78 is 0. The van der Waals surface area contributed by atoms with Gasteiger partial charge in [0.2, 0.25) is 0 Å². The van der Waals surface area contributed by atoms with Crippen LogP contribution < -0.4 is 5.32 Å². The molecule has 0 radical (unpaired) electrons. The minimum absolute atomic E-state index is 0.0482. The molecule has 0 bridgehead atoms. The van der Waals surface area contributed by atoms with Crippen LogP contribution in [0.4, 0.5) is 0 Å². The Morgan fingerprint density at radius 3 is 2.30 bits per heavy atom. The van der Waals surface area contributed by atoms with E-state index in [0.717, 1.165) is 0 Å². The van der Waals surface area contributed by atoms with Crippen LogP contribution in [0.25, 0.3) is 0 Å². The maximum absolute atomic E-state index is 12.7. The summed E-state index contributed by atoms with van der Waals surface area (Å²) in [7, 11) is 0. The summed E-state index contributed by atoms with van der Waals surface area (Å²) in [6, 6.07) is 9.36. The molecule has 3 rings (SSSR count). The largest absolute Gasteiger partial charge is 0.395 e. The highest BCUT2D eigenvalue weighted by Gasteiger charge is 2.32. The first-order valence-electron chi connectivity index (χ1n) is 6.96. The minimum atomic E-state index is -0.508. The second kappa shape index (κ2) is 5.95. The Hall–Kier alpha value is -2.50. The number of amides is 1. The van der Waals surface area contributed by atoms with Crippen molar-refractivity contribution in [3.05, 3.63) is 69.2 Å². The summed E-state index contributed by atoms with van der Waals surface area (Å²) in [5, 5.41) is 11.2. The van der Waals surface area contributed by atoms with Crippen molar-refractivity contribution in [1.82, 2.24) is 5.32 Å². The van der Waals surface area contributed by atoms with Gasteiger partial charge in [0.05, 0.1) is 22.8 Å². The van der Waals surface area contributed by atoms with E-state index >= 15 is 0 Å². The molecule has 23 heavy (non-hydrogen) atoms. The van der Waals surface area contributed by atoms with Crippen LogP contribution in [0.15, 0.2) is 36.4 Å². The third kappa shape index (κ3) is 2.44. The van der Waals surface area contributed by atoms with Gasteiger partial charge in [0.25, 0.3) is 5.91 Å². The summed E-state index contributed by atoms with van der Waals surface area (Å²) in [6.07, 6.45) is 0. The van der Waals surface area contributed by atoms with E-state index < -0.39 is 5.91 Å². The summed E-state index contributed by atoms with van der Waals surface area (Å²) in [4.78, 5) is 37.2. The van der Waals surface area contributed by atoms with E-state index in [1.807, 2.05) is 0 Å². The van der Waals surface area contributed by atoms with E-state index in [0.29, 0.717) is 5.56 Å². The van der Waals surface area contributed by atoms with Crippen LogP contribution in [0.2, 0.25) is 5.02 Å². The summed E-state index contributed by atoms with van der Waals surface area (Å²) in [5.74, 6) is -1.18. The summed E-state index contributed by atoms with van der Waals surface area (Å²) >= 11 is 6.23. The van der Waals surface area contributed by atoms with Gasteiger partial charge in [-0.3, -0.25) is 14.4 Å². The molecule has 5 nitrogen and oxygen atoms in total. The van der Waals surface area contributed by atoms with Gasteiger partial charge in [0.15, 0.2) is 11.6 Å². The van der Waals surface area contributed by atoms with Gasteiger partial charge < -0.3 is 10.4 Å². The zero-order valence-electron chi connectivity index (χ0n) is 11.9. The molecule has 0 spiro atoms. The van der Waals surface area contributed by atoms with Gasteiger partial charge in [-0.2, -0.15) is 0 Å². The molecule has 0 fully saturated rings. The zero-order valence-corrected chi connectivity index (χ0v) is 12.7. The van der Waals surface area contributed by atoms with E-state index in [1.165, 1.54) is 12.1 Å². The van der Waals surface area contributed by atoms with Crippen molar-refractivity contribution >= 4 is 29.1 Å². The molecule has 1 amide bonds. The van der Waals surface area contributed by atoms with Crippen LogP contribution in [0.1, 0.15) is 42.2 Å². The highest BCUT2D eigenvalue weighted by molar-refractivity contribution is 6.41.